The van der Waals surface area contributed by atoms with Crippen LogP contribution in [0.3, 0.4) is 0 Å². The first kappa shape index (κ1) is 18.1. The third-order valence-corrected chi connectivity index (χ3v) is 5.28. The fourth-order valence-corrected chi connectivity index (χ4v) is 3.71. The summed E-state index contributed by atoms with van der Waals surface area (Å²) in [5, 5.41) is 1.11. The number of esters is 1. The van der Waals surface area contributed by atoms with Gasteiger partial charge in [0.15, 0.2) is 0 Å². The predicted molar refractivity (Wildman–Crippen MR) is 109 cm³/mol. The maximum absolute atomic E-state index is 12.8. The summed E-state index contributed by atoms with van der Waals surface area (Å²) >= 11 is 0. The van der Waals surface area contributed by atoms with E-state index in [9.17, 15) is 9.59 Å². The first-order valence-electron chi connectivity index (χ1n) is 9.42. The zero-order valence-electron chi connectivity index (χ0n) is 15.9. The van der Waals surface area contributed by atoms with Crippen molar-refractivity contribution in [2.75, 3.05) is 38.2 Å². The number of piperazine rings is 1. The molecule has 28 heavy (non-hydrogen) atoms. The van der Waals surface area contributed by atoms with Crippen LogP contribution in [0.25, 0.3) is 10.9 Å². The van der Waals surface area contributed by atoms with Crippen LogP contribution in [0.15, 0.2) is 54.7 Å². The van der Waals surface area contributed by atoms with E-state index >= 15 is 0 Å². The minimum Gasteiger partial charge on any atom is -0.465 e. The van der Waals surface area contributed by atoms with Gasteiger partial charge in [-0.2, -0.15) is 0 Å². The second kappa shape index (κ2) is 7.76. The third-order valence-electron chi connectivity index (χ3n) is 5.28. The van der Waals surface area contributed by atoms with Crippen LogP contribution in [0.5, 0.6) is 0 Å². The second-order valence-corrected chi connectivity index (χ2v) is 6.95. The maximum atomic E-state index is 12.8. The Bertz CT molecular complexity index is 1000. The van der Waals surface area contributed by atoms with Gasteiger partial charge in [0, 0.05) is 49.0 Å². The molecule has 0 atom stereocenters. The highest BCUT2D eigenvalue weighted by molar-refractivity contribution is 5.91. The van der Waals surface area contributed by atoms with Crippen molar-refractivity contribution in [2.45, 2.75) is 6.42 Å². The van der Waals surface area contributed by atoms with Crippen LogP contribution in [0, 0.1) is 0 Å². The van der Waals surface area contributed by atoms with Crippen molar-refractivity contribution in [1.82, 2.24) is 9.88 Å². The number of para-hydroxylation sites is 1. The molecule has 4 rings (SSSR count). The first-order valence-corrected chi connectivity index (χ1v) is 9.42. The number of nitrogens with zero attached hydrogens (tertiary/aromatic N) is 2. The standard InChI is InChI=1S/C22H23N3O3/c1-28-22(27)16-5-4-6-18(13-16)24-9-11-25(12-10-24)21(26)14-17-15-23-20-8-3-2-7-19(17)20/h2-8,13,15,23H,9-12,14H2,1H3. The Labute approximate surface area is 163 Å². The van der Waals surface area contributed by atoms with Crippen molar-refractivity contribution in [1.29, 1.82) is 0 Å². The molecular formula is C22H23N3O3. The van der Waals surface area contributed by atoms with Gasteiger partial charge in [0.05, 0.1) is 19.1 Å². The molecule has 2 heterocycles. The van der Waals surface area contributed by atoms with Gasteiger partial charge in [0.1, 0.15) is 0 Å². The highest BCUT2D eigenvalue weighted by Crippen LogP contribution is 2.21. The number of aromatic nitrogens is 1. The van der Waals surface area contributed by atoms with E-state index in [4.69, 9.17) is 4.74 Å². The summed E-state index contributed by atoms with van der Waals surface area (Å²) in [5.41, 5.74) is 3.61. The monoisotopic (exact) mass is 377 g/mol. The van der Waals surface area contributed by atoms with Crippen LogP contribution < -0.4 is 4.90 Å². The van der Waals surface area contributed by atoms with E-state index in [0.717, 1.165) is 35.2 Å². The molecule has 3 aromatic rings. The fraction of sp³-hybridized carbons (Fsp3) is 0.273. The number of nitrogens with one attached hydrogen (secondary N) is 1. The fourth-order valence-electron chi connectivity index (χ4n) is 3.71. The lowest BCUT2D eigenvalue weighted by atomic mass is 10.1. The molecule has 6 heteroatoms. The van der Waals surface area contributed by atoms with Gasteiger partial charge in [-0.1, -0.05) is 24.3 Å². The zero-order chi connectivity index (χ0) is 19.5. The van der Waals surface area contributed by atoms with Gasteiger partial charge >= 0.3 is 5.97 Å². The SMILES string of the molecule is COC(=O)c1cccc(N2CCN(C(=O)Cc3c[nH]c4ccccc34)CC2)c1. The summed E-state index contributed by atoms with van der Waals surface area (Å²) in [5.74, 6) is -0.192. The summed E-state index contributed by atoms with van der Waals surface area (Å²) in [4.78, 5) is 31.8. The number of fused-ring (bicyclic) bond motifs is 1. The van der Waals surface area contributed by atoms with E-state index in [0.29, 0.717) is 25.1 Å². The molecule has 0 aliphatic carbocycles. The average molecular weight is 377 g/mol. The number of methoxy groups -OCH3 is 1. The number of carbonyl (C=O) groups is 2. The molecule has 0 unspecified atom stereocenters. The number of benzene rings is 2. The van der Waals surface area contributed by atoms with Crippen molar-refractivity contribution >= 4 is 28.5 Å². The van der Waals surface area contributed by atoms with Crippen LogP contribution in [0.4, 0.5) is 5.69 Å². The molecule has 0 bridgehead atoms. The van der Waals surface area contributed by atoms with Gasteiger partial charge in [-0.15, -0.1) is 0 Å². The smallest absolute Gasteiger partial charge is 0.337 e. The number of hydrogen-bond donors (Lipinski definition) is 1. The highest BCUT2D eigenvalue weighted by Gasteiger charge is 2.22. The van der Waals surface area contributed by atoms with Crippen molar-refractivity contribution < 1.29 is 14.3 Å². The van der Waals surface area contributed by atoms with Crippen LogP contribution in [-0.4, -0.2) is 55.0 Å². The molecule has 1 aliphatic heterocycles. The molecule has 1 N–H and O–H groups in total. The summed E-state index contributed by atoms with van der Waals surface area (Å²) < 4.78 is 4.79. The Morgan fingerprint density at radius 1 is 1.04 bits per heavy atom. The van der Waals surface area contributed by atoms with E-state index in [-0.39, 0.29) is 11.9 Å². The van der Waals surface area contributed by atoms with Gasteiger partial charge in [0.2, 0.25) is 5.91 Å². The maximum Gasteiger partial charge on any atom is 0.337 e. The number of rotatable bonds is 4. The Hall–Kier alpha value is -3.28. The third kappa shape index (κ3) is 3.58. The van der Waals surface area contributed by atoms with E-state index in [1.807, 2.05) is 53.6 Å². The van der Waals surface area contributed by atoms with Crippen LogP contribution >= 0.6 is 0 Å². The summed E-state index contributed by atoms with van der Waals surface area (Å²) in [6.45, 7) is 2.82. The lowest BCUT2D eigenvalue weighted by Gasteiger charge is -2.36. The molecule has 1 aromatic heterocycles. The van der Waals surface area contributed by atoms with Gasteiger partial charge < -0.3 is 19.5 Å². The number of ether oxygens (including phenoxy) is 1. The molecule has 0 spiro atoms. The van der Waals surface area contributed by atoms with Crippen LogP contribution in [0.1, 0.15) is 15.9 Å². The predicted octanol–water partition coefficient (Wildman–Crippen LogP) is 2.85. The Morgan fingerprint density at radius 2 is 1.82 bits per heavy atom. The van der Waals surface area contributed by atoms with Crippen molar-refractivity contribution in [3.8, 4) is 0 Å². The van der Waals surface area contributed by atoms with Crippen molar-refractivity contribution in [3.05, 3.63) is 65.9 Å². The Balaban J connectivity index is 1.39. The average Bonchev–Trinajstić information content (AvgIpc) is 3.16. The normalized spacial score (nSPS) is 14.3. The van der Waals surface area contributed by atoms with Gasteiger partial charge in [-0.25, -0.2) is 4.79 Å². The van der Waals surface area contributed by atoms with E-state index in [1.54, 1.807) is 6.07 Å². The second-order valence-electron chi connectivity index (χ2n) is 6.95. The molecular weight excluding hydrogens is 354 g/mol. The Kier molecular flexibility index (Phi) is 5.02. The number of hydrogen-bond acceptors (Lipinski definition) is 4. The lowest BCUT2D eigenvalue weighted by Crippen LogP contribution is -2.49. The molecule has 1 aliphatic rings. The summed E-state index contributed by atoms with van der Waals surface area (Å²) in [6, 6.07) is 15.5. The molecule has 1 fully saturated rings. The topological polar surface area (TPSA) is 65.6 Å². The number of H-pyrrole nitrogens is 1. The molecule has 144 valence electrons. The highest BCUT2D eigenvalue weighted by atomic mass is 16.5. The Morgan fingerprint density at radius 3 is 2.61 bits per heavy atom. The molecule has 2 aromatic carbocycles. The number of anilines is 1. The van der Waals surface area contributed by atoms with Crippen LogP contribution in [-0.2, 0) is 16.0 Å². The molecule has 0 radical (unpaired) electrons. The largest absolute Gasteiger partial charge is 0.465 e. The van der Waals surface area contributed by atoms with E-state index in [2.05, 4.69) is 9.88 Å². The number of amides is 1. The summed E-state index contributed by atoms with van der Waals surface area (Å²) in [7, 11) is 1.38. The van der Waals surface area contributed by atoms with Crippen molar-refractivity contribution in [3.63, 3.8) is 0 Å². The van der Waals surface area contributed by atoms with Gasteiger partial charge in [-0.05, 0) is 29.8 Å². The van der Waals surface area contributed by atoms with Crippen LogP contribution in [0.2, 0.25) is 0 Å². The lowest BCUT2D eigenvalue weighted by molar-refractivity contribution is -0.130. The van der Waals surface area contributed by atoms with Gasteiger partial charge in [-0.3, -0.25) is 4.79 Å². The molecule has 0 saturated carbocycles. The minimum absolute atomic E-state index is 0.146. The summed E-state index contributed by atoms with van der Waals surface area (Å²) in [6.07, 6.45) is 2.33. The molecule has 6 nitrogen and oxygen atoms in total. The minimum atomic E-state index is -0.339. The number of carbonyl (C=O) groups excluding carboxylic acids is 2. The molecule has 1 amide bonds. The number of aromatic amines is 1. The quantitative estimate of drug-likeness (QED) is 0.710. The zero-order valence-corrected chi connectivity index (χ0v) is 15.9. The van der Waals surface area contributed by atoms with Crippen molar-refractivity contribution in [2.24, 2.45) is 0 Å². The van der Waals surface area contributed by atoms with E-state index < -0.39 is 0 Å². The van der Waals surface area contributed by atoms with E-state index in [1.165, 1.54) is 7.11 Å². The molecule has 1 saturated heterocycles. The first-order chi connectivity index (χ1) is 13.7. The van der Waals surface area contributed by atoms with Gasteiger partial charge in [0.25, 0.3) is 0 Å².